The monoisotopic (exact) mass is 447 g/mol. The van der Waals surface area contributed by atoms with Crippen LogP contribution < -0.4 is 5.32 Å². The van der Waals surface area contributed by atoms with Gasteiger partial charge >= 0.3 is 17.8 Å². The van der Waals surface area contributed by atoms with E-state index in [9.17, 15) is 19.5 Å². The molecule has 2 rings (SSSR count). The van der Waals surface area contributed by atoms with Crippen molar-refractivity contribution < 1.29 is 29.3 Å². The molecule has 7 nitrogen and oxygen atoms in total. The Hall–Kier alpha value is -2.90. The number of aliphatic hydroxyl groups is 1. The molecule has 3 N–H and O–H groups in total. The maximum atomic E-state index is 12.2. The van der Waals surface area contributed by atoms with Crippen LogP contribution in [-0.4, -0.2) is 45.8 Å². The van der Waals surface area contributed by atoms with Gasteiger partial charge in [0.1, 0.15) is 5.60 Å². The van der Waals surface area contributed by atoms with Crippen molar-refractivity contribution in [2.24, 2.45) is 0 Å². The second-order valence-electron chi connectivity index (χ2n) is 8.17. The molecule has 0 saturated carbocycles. The molecule has 0 bridgehead atoms. The van der Waals surface area contributed by atoms with Crippen LogP contribution >= 0.6 is 11.6 Å². The SMILES string of the molecule is CC(C)(C)OC(=O)C(=O)N[C@H](Cc1ccc(-c2cccc(Cl)c2)cc1)C[C@@H](O)C(=O)O. The molecule has 2 aromatic carbocycles. The van der Waals surface area contributed by atoms with Gasteiger partial charge in [-0.15, -0.1) is 0 Å². The summed E-state index contributed by atoms with van der Waals surface area (Å²) in [6.07, 6.45) is -1.73. The van der Waals surface area contributed by atoms with Crippen LogP contribution in [0.5, 0.6) is 0 Å². The Morgan fingerprint density at radius 1 is 1.06 bits per heavy atom. The number of hydrogen-bond acceptors (Lipinski definition) is 5. The summed E-state index contributed by atoms with van der Waals surface area (Å²) in [5.41, 5.74) is 1.82. The largest absolute Gasteiger partial charge is 0.479 e. The van der Waals surface area contributed by atoms with E-state index in [0.29, 0.717) is 5.02 Å². The van der Waals surface area contributed by atoms with Crippen molar-refractivity contribution >= 4 is 29.4 Å². The quantitative estimate of drug-likeness (QED) is 0.443. The van der Waals surface area contributed by atoms with E-state index in [2.05, 4.69) is 5.32 Å². The summed E-state index contributed by atoms with van der Waals surface area (Å²) < 4.78 is 5.04. The Morgan fingerprint density at radius 2 is 1.71 bits per heavy atom. The Morgan fingerprint density at radius 3 is 2.26 bits per heavy atom. The van der Waals surface area contributed by atoms with Crippen LogP contribution in [0.3, 0.4) is 0 Å². The Kier molecular flexibility index (Phi) is 8.19. The van der Waals surface area contributed by atoms with Gasteiger partial charge in [0, 0.05) is 17.5 Å². The van der Waals surface area contributed by atoms with E-state index >= 15 is 0 Å². The molecule has 0 aliphatic heterocycles. The lowest BCUT2D eigenvalue weighted by atomic mass is 9.98. The molecule has 2 aromatic rings. The summed E-state index contributed by atoms with van der Waals surface area (Å²) in [5, 5.41) is 21.9. The van der Waals surface area contributed by atoms with Gasteiger partial charge in [-0.1, -0.05) is 48.0 Å². The first-order valence-electron chi connectivity index (χ1n) is 9.74. The predicted octanol–water partition coefficient (Wildman–Crippen LogP) is 3.21. The molecule has 0 spiro atoms. The van der Waals surface area contributed by atoms with Gasteiger partial charge in [0.05, 0.1) is 0 Å². The van der Waals surface area contributed by atoms with Gasteiger partial charge in [-0.25, -0.2) is 9.59 Å². The van der Waals surface area contributed by atoms with Gasteiger partial charge in [0.25, 0.3) is 0 Å². The number of carbonyl (C=O) groups is 3. The molecule has 31 heavy (non-hydrogen) atoms. The van der Waals surface area contributed by atoms with E-state index in [1.807, 2.05) is 42.5 Å². The van der Waals surface area contributed by atoms with Gasteiger partial charge in [-0.3, -0.25) is 4.79 Å². The number of rotatable bonds is 7. The minimum Gasteiger partial charge on any atom is -0.479 e. The fourth-order valence-electron chi connectivity index (χ4n) is 2.92. The molecular formula is C23H26ClNO6. The number of esters is 1. The van der Waals surface area contributed by atoms with Crippen molar-refractivity contribution in [3.05, 3.63) is 59.1 Å². The van der Waals surface area contributed by atoms with Gasteiger partial charge in [-0.05, 0) is 56.0 Å². The number of nitrogens with one attached hydrogen (secondary N) is 1. The van der Waals surface area contributed by atoms with Crippen LogP contribution in [0.25, 0.3) is 11.1 Å². The first-order valence-corrected chi connectivity index (χ1v) is 10.1. The molecule has 0 aromatic heterocycles. The molecule has 2 atom stereocenters. The fraction of sp³-hybridized carbons (Fsp3) is 0.348. The highest BCUT2D eigenvalue weighted by Gasteiger charge is 2.27. The van der Waals surface area contributed by atoms with Gasteiger partial charge in [0.2, 0.25) is 0 Å². The zero-order valence-corrected chi connectivity index (χ0v) is 18.3. The van der Waals surface area contributed by atoms with Crippen LogP contribution in [0.1, 0.15) is 32.8 Å². The number of hydrogen-bond donors (Lipinski definition) is 3. The standard InChI is InChI=1S/C23H26ClNO6/c1-23(2,3)31-22(30)20(27)25-18(13-19(26)21(28)29)11-14-7-9-15(10-8-14)16-5-4-6-17(24)12-16/h4-10,12,18-19,26H,11,13H2,1-3H3,(H,25,27)(H,28,29)/t18-,19-/m1/s1. The Balaban J connectivity index is 2.14. The van der Waals surface area contributed by atoms with Crippen molar-refractivity contribution in [3.63, 3.8) is 0 Å². The van der Waals surface area contributed by atoms with Crippen molar-refractivity contribution in [3.8, 4) is 11.1 Å². The average molecular weight is 448 g/mol. The van der Waals surface area contributed by atoms with E-state index < -0.39 is 35.6 Å². The van der Waals surface area contributed by atoms with E-state index in [-0.39, 0.29) is 12.8 Å². The Labute approximate surface area is 186 Å². The molecule has 0 unspecified atom stereocenters. The predicted molar refractivity (Wildman–Crippen MR) is 117 cm³/mol. The van der Waals surface area contributed by atoms with E-state index in [1.165, 1.54) is 0 Å². The second-order valence-corrected chi connectivity index (χ2v) is 8.61. The first kappa shape index (κ1) is 24.4. The number of benzene rings is 2. The van der Waals surface area contributed by atoms with Crippen LogP contribution in [-0.2, 0) is 25.5 Å². The molecule has 0 fully saturated rings. The number of aliphatic hydroxyl groups excluding tert-OH is 1. The smallest absolute Gasteiger partial charge is 0.397 e. The summed E-state index contributed by atoms with van der Waals surface area (Å²) in [5.74, 6) is -3.47. The lowest BCUT2D eigenvalue weighted by Gasteiger charge is -2.22. The molecule has 0 saturated heterocycles. The molecule has 0 heterocycles. The zero-order chi connectivity index (χ0) is 23.2. The van der Waals surface area contributed by atoms with Crippen molar-refractivity contribution in [1.82, 2.24) is 5.32 Å². The van der Waals surface area contributed by atoms with Crippen molar-refractivity contribution in [2.75, 3.05) is 0 Å². The number of amides is 1. The molecule has 8 heteroatoms. The van der Waals surface area contributed by atoms with Crippen LogP contribution in [0.4, 0.5) is 0 Å². The van der Waals surface area contributed by atoms with Gasteiger partial charge in [-0.2, -0.15) is 0 Å². The normalized spacial score (nSPS) is 13.2. The summed E-state index contributed by atoms with van der Waals surface area (Å²) in [6, 6.07) is 14.0. The van der Waals surface area contributed by atoms with Crippen molar-refractivity contribution in [1.29, 1.82) is 0 Å². The number of carbonyl (C=O) groups excluding carboxylic acids is 2. The number of carboxylic acid groups (broad SMARTS) is 1. The number of carboxylic acids is 1. The molecule has 0 radical (unpaired) electrons. The summed E-state index contributed by atoms with van der Waals surface area (Å²) in [7, 11) is 0. The van der Waals surface area contributed by atoms with E-state index in [4.69, 9.17) is 21.4 Å². The average Bonchev–Trinajstić information content (AvgIpc) is 2.67. The maximum Gasteiger partial charge on any atom is 0.397 e. The third-order valence-corrected chi connectivity index (χ3v) is 4.54. The molecule has 166 valence electrons. The van der Waals surface area contributed by atoms with Crippen LogP contribution in [0.15, 0.2) is 48.5 Å². The molecule has 0 aliphatic rings. The highest BCUT2D eigenvalue weighted by Crippen LogP contribution is 2.23. The maximum absolute atomic E-state index is 12.2. The van der Waals surface area contributed by atoms with Crippen molar-refractivity contribution in [2.45, 2.75) is 51.4 Å². The lowest BCUT2D eigenvalue weighted by Crippen LogP contribution is -2.45. The number of aliphatic carboxylic acids is 1. The number of halogens is 1. The minimum absolute atomic E-state index is 0.217. The zero-order valence-electron chi connectivity index (χ0n) is 17.6. The summed E-state index contributed by atoms with van der Waals surface area (Å²) in [6.45, 7) is 4.89. The van der Waals surface area contributed by atoms with E-state index in [0.717, 1.165) is 16.7 Å². The summed E-state index contributed by atoms with van der Waals surface area (Å²) >= 11 is 6.03. The molecule has 0 aliphatic carbocycles. The minimum atomic E-state index is -1.69. The fourth-order valence-corrected chi connectivity index (χ4v) is 3.11. The Bertz CT molecular complexity index is 936. The topological polar surface area (TPSA) is 113 Å². The highest BCUT2D eigenvalue weighted by atomic mass is 35.5. The van der Waals surface area contributed by atoms with Crippen LogP contribution in [0.2, 0.25) is 5.02 Å². The van der Waals surface area contributed by atoms with Gasteiger partial charge in [0.15, 0.2) is 6.10 Å². The summed E-state index contributed by atoms with van der Waals surface area (Å²) in [4.78, 5) is 35.2. The van der Waals surface area contributed by atoms with Gasteiger partial charge < -0.3 is 20.3 Å². The van der Waals surface area contributed by atoms with E-state index in [1.54, 1.807) is 26.8 Å². The lowest BCUT2D eigenvalue weighted by molar-refractivity contribution is -0.163. The molecular weight excluding hydrogens is 422 g/mol. The first-order chi connectivity index (χ1) is 14.4. The number of ether oxygens (including phenoxy) is 1. The third-order valence-electron chi connectivity index (χ3n) is 4.31. The molecule has 1 amide bonds. The third kappa shape index (κ3) is 8.03. The second kappa shape index (κ2) is 10.4. The van der Waals surface area contributed by atoms with Crippen LogP contribution in [0, 0.1) is 0 Å². The highest BCUT2D eigenvalue weighted by molar-refractivity contribution is 6.32.